The highest BCUT2D eigenvalue weighted by molar-refractivity contribution is 6.12. The predicted molar refractivity (Wildman–Crippen MR) is 82.8 cm³/mol. The van der Waals surface area contributed by atoms with Gasteiger partial charge in [0.25, 0.3) is 11.2 Å². The van der Waals surface area contributed by atoms with Gasteiger partial charge in [0, 0.05) is 23.1 Å². The van der Waals surface area contributed by atoms with Crippen LogP contribution in [0.5, 0.6) is 5.75 Å². The van der Waals surface area contributed by atoms with Crippen LogP contribution in [-0.2, 0) is 0 Å². The highest BCUT2D eigenvalue weighted by Gasteiger charge is 2.21. The highest BCUT2D eigenvalue weighted by atomic mass is 16.6. The molecule has 2 aromatic carbocycles. The number of rotatable bonds is 3. The zero-order chi connectivity index (χ0) is 16.6. The Balaban J connectivity index is 2.23. The molecule has 0 unspecified atom stereocenters. The fourth-order valence-corrected chi connectivity index (χ4v) is 2.33. The summed E-state index contributed by atoms with van der Waals surface area (Å²) in [7, 11) is 0. The first-order valence-corrected chi connectivity index (χ1v) is 6.62. The number of hydrogen-bond donors (Lipinski definition) is 2. The number of nitrogens with zero attached hydrogens (tertiary/aromatic N) is 1. The number of H-pyrrole nitrogens is 1. The number of aromatic nitrogens is 1. The summed E-state index contributed by atoms with van der Waals surface area (Å²) in [5.41, 5.74) is -1.07. The van der Waals surface area contributed by atoms with Crippen LogP contribution in [0, 0.1) is 10.1 Å². The SMILES string of the molecule is O=C(c1ccccc1)c1c(O)c2ccc([N+](=O)[O-])cc2[nH]c1=O. The predicted octanol–water partition coefficient (Wildman–Crippen LogP) is 2.37. The smallest absolute Gasteiger partial charge is 0.271 e. The van der Waals surface area contributed by atoms with Crippen LogP contribution in [0.2, 0.25) is 0 Å². The van der Waals surface area contributed by atoms with E-state index in [1.54, 1.807) is 18.2 Å². The molecule has 0 fully saturated rings. The summed E-state index contributed by atoms with van der Waals surface area (Å²) in [5, 5.41) is 21.2. The summed E-state index contributed by atoms with van der Waals surface area (Å²) in [6.07, 6.45) is 0. The largest absolute Gasteiger partial charge is 0.506 e. The number of non-ortho nitro benzene ring substituents is 1. The molecular formula is C16H10N2O5. The fourth-order valence-electron chi connectivity index (χ4n) is 2.33. The van der Waals surface area contributed by atoms with Gasteiger partial charge in [-0.2, -0.15) is 0 Å². The Morgan fingerprint density at radius 1 is 1.13 bits per heavy atom. The van der Waals surface area contributed by atoms with Gasteiger partial charge in [-0.15, -0.1) is 0 Å². The van der Waals surface area contributed by atoms with Gasteiger partial charge < -0.3 is 10.1 Å². The monoisotopic (exact) mass is 310 g/mol. The maximum Gasteiger partial charge on any atom is 0.271 e. The third-order valence-corrected chi connectivity index (χ3v) is 3.44. The molecular weight excluding hydrogens is 300 g/mol. The maximum absolute atomic E-state index is 12.4. The van der Waals surface area contributed by atoms with E-state index >= 15 is 0 Å². The minimum Gasteiger partial charge on any atom is -0.506 e. The topological polar surface area (TPSA) is 113 Å². The van der Waals surface area contributed by atoms with Gasteiger partial charge in [0.2, 0.25) is 5.78 Å². The van der Waals surface area contributed by atoms with Crippen molar-refractivity contribution >= 4 is 22.4 Å². The van der Waals surface area contributed by atoms with Crippen LogP contribution in [0.25, 0.3) is 10.9 Å². The lowest BCUT2D eigenvalue weighted by Crippen LogP contribution is -2.18. The average molecular weight is 310 g/mol. The van der Waals surface area contributed by atoms with E-state index in [9.17, 15) is 24.8 Å². The second-order valence-corrected chi connectivity index (χ2v) is 4.86. The molecule has 0 atom stereocenters. The average Bonchev–Trinajstić information content (AvgIpc) is 2.55. The van der Waals surface area contributed by atoms with Crippen molar-refractivity contribution in [1.29, 1.82) is 0 Å². The van der Waals surface area contributed by atoms with Crippen molar-refractivity contribution in [3.05, 3.63) is 80.1 Å². The van der Waals surface area contributed by atoms with Crippen LogP contribution in [0.3, 0.4) is 0 Å². The molecule has 2 N–H and O–H groups in total. The molecule has 0 radical (unpaired) electrons. The Labute approximate surface area is 129 Å². The van der Waals surface area contributed by atoms with E-state index < -0.39 is 27.6 Å². The van der Waals surface area contributed by atoms with E-state index in [1.165, 1.54) is 24.3 Å². The van der Waals surface area contributed by atoms with E-state index in [0.717, 1.165) is 6.07 Å². The van der Waals surface area contributed by atoms with Gasteiger partial charge in [0.1, 0.15) is 11.3 Å². The molecule has 0 bridgehead atoms. The number of hydrogen-bond acceptors (Lipinski definition) is 5. The minimum atomic E-state index is -0.802. The number of fused-ring (bicyclic) bond motifs is 1. The molecule has 3 aromatic rings. The lowest BCUT2D eigenvalue weighted by Gasteiger charge is -2.07. The summed E-state index contributed by atoms with van der Waals surface area (Å²) in [4.78, 5) is 37.1. The first-order valence-electron chi connectivity index (χ1n) is 6.62. The molecule has 3 rings (SSSR count). The zero-order valence-electron chi connectivity index (χ0n) is 11.6. The number of aromatic amines is 1. The van der Waals surface area contributed by atoms with Gasteiger partial charge in [-0.3, -0.25) is 19.7 Å². The summed E-state index contributed by atoms with van der Waals surface area (Å²) >= 11 is 0. The van der Waals surface area contributed by atoms with Crippen molar-refractivity contribution in [2.45, 2.75) is 0 Å². The molecule has 0 spiro atoms. The lowest BCUT2D eigenvalue weighted by molar-refractivity contribution is -0.384. The normalized spacial score (nSPS) is 10.6. The summed E-state index contributed by atoms with van der Waals surface area (Å²) in [6.45, 7) is 0. The molecule has 0 saturated carbocycles. The van der Waals surface area contributed by atoms with E-state index in [0.29, 0.717) is 0 Å². The van der Waals surface area contributed by atoms with Crippen LogP contribution in [0.15, 0.2) is 53.3 Å². The number of aromatic hydroxyl groups is 1. The number of nitro groups is 1. The van der Waals surface area contributed by atoms with Crippen LogP contribution < -0.4 is 5.56 Å². The Morgan fingerprint density at radius 3 is 2.48 bits per heavy atom. The van der Waals surface area contributed by atoms with E-state index in [1.807, 2.05) is 0 Å². The zero-order valence-corrected chi connectivity index (χ0v) is 11.6. The van der Waals surface area contributed by atoms with E-state index in [4.69, 9.17) is 0 Å². The second kappa shape index (κ2) is 5.38. The highest BCUT2D eigenvalue weighted by Crippen LogP contribution is 2.28. The van der Waals surface area contributed by atoms with Gasteiger partial charge in [-0.05, 0) is 6.07 Å². The molecule has 114 valence electrons. The molecule has 0 aliphatic heterocycles. The van der Waals surface area contributed by atoms with Crippen molar-refractivity contribution in [2.75, 3.05) is 0 Å². The Kier molecular flexibility index (Phi) is 3.38. The molecule has 0 aliphatic carbocycles. The van der Waals surface area contributed by atoms with Crippen LogP contribution >= 0.6 is 0 Å². The van der Waals surface area contributed by atoms with Gasteiger partial charge >= 0.3 is 0 Å². The number of nitrogens with one attached hydrogen (secondary N) is 1. The second-order valence-electron chi connectivity index (χ2n) is 4.86. The fraction of sp³-hybridized carbons (Fsp3) is 0. The lowest BCUT2D eigenvalue weighted by atomic mass is 10.0. The molecule has 0 saturated heterocycles. The third kappa shape index (κ3) is 2.44. The number of carbonyl (C=O) groups is 1. The molecule has 0 amide bonds. The van der Waals surface area contributed by atoms with Crippen molar-refractivity contribution in [1.82, 2.24) is 4.98 Å². The molecule has 23 heavy (non-hydrogen) atoms. The number of carbonyl (C=O) groups excluding carboxylic acids is 1. The Bertz CT molecular complexity index is 993. The Hall–Kier alpha value is -3.48. The molecule has 0 aliphatic rings. The van der Waals surface area contributed by atoms with E-state index in [2.05, 4.69) is 4.98 Å². The third-order valence-electron chi connectivity index (χ3n) is 3.44. The number of nitro benzene ring substituents is 1. The van der Waals surface area contributed by atoms with Gasteiger partial charge in [-0.1, -0.05) is 30.3 Å². The molecule has 1 aromatic heterocycles. The van der Waals surface area contributed by atoms with Crippen molar-refractivity contribution in [3.63, 3.8) is 0 Å². The van der Waals surface area contributed by atoms with Crippen LogP contribution in [0.1, 0.15) is 15.9 Å². The molecule has 7 heteroatoms. The van der Waals surface area contributed by atoms with Crippen LogP contribution in [0.4, 0.5) is 5.69 Å². The quantitative estimate of drug-likeness (QED) is 0.438. The van der Waals surface area contributed by atoms with Crippen molar-refractivity contribution < 1.29 is 14.8 Å². The summed E-state index contributed by atoms with van der Waals surface area (Å²) < 4.78 is 0. The van der Waals surface area contributed by atoms with Crippen molar-refractivity contribution in [3.8, 4) is 5.75 Å². The first kappa shape index (κ1) is 14.5. The van der Waals surface area contributed by atoms with Gasteiger partial charge in [0.15, 0.2) is 0 Å². The number of pyridine rings is 1. The standard InChI is InChI=1S/C16H10N2O5/c19-14(9-4-2-1-3-5-9)13-15(20)11-7-6-10(18(22)23)8-12(11)17-16(13)21/h1-8H,(H2,17,20,21). The summed E-state index contributed by atoms with van der Waals surface area (Å²) in [6, 6.07) is 11.7. The Morgan fingerprint density at radius 2 is 1.83 bits per heavy atom. The molecule has 7 nitrogen and oxygen atoms in total. The van der Waals surface area contributed by atoms with Gasteiger partial charge in [0.05, 0.1) is 10.4 Å². The minimum absolute atomic E-state index is 0.0892. The van der Waals surface area contributed by atoms with Gasteiger partial charge in [-0.25, -0.2) is 0 Å². The van der Waals surface area contributed by atoms with Crippen LogP contribution in [-0.4, -0.2) is 20.8 Å². The maximum atomic E-state index is 12.4. The molecule has 1 heterocycles. The van der Waals surface area contributed by atoms with Crippen molar-refractivity contribution in [2.24, 2.45) is 0 Å². The summed E-state index contributed by atoms with van der Waals surface area (Å²) in [5.74, 6) is -1.11. The number of benzene rings is 2. The van der Waals surface area contributed by atoms with E-state index in [-0.39, 0.29) is 22.2 Å². The number of ketones is 1. The first-order chi connectivity index (χ1) is 11.0.